The molecule has 3 nitrogen and oxygen atoms in total. The molecule has 2 atom stereocenters. The highest BCUT2D eigenvalue weighted by atomic mass is 32.1. The Balaban J connectivity index is 2.85. The van der Waals surface area contributed by atoms with Crippen LogP contribution in [0.15, 0.2) is 0 Å². The molecule has 2 unspecified atom stereocenters. The number of carbonyl (C=O) groups excluding carboxylic acids is 1. The molecule has 0 fully saturated rings. The second-order valence-electron chi connectivity index (χ2n) is 4.35. The number of Topliss-reactive ketones (excluding diaryl/α,β-unsaturated/α-hetero) is 1. The van der Waals surface area contributed by atoms with Gasteiger partial charge in [0.2, 0.25) is 0 Å². The number of carbonyl (C=O) groups is 1. The van der Waals surface area contributed by atoms with Crippen molar-refractivity contribution in [2.24, 2.45) is 5.92 Å². The number of ketones is 1. The first kappa shape index (κ1) is 13.2. The average molecular weight is 240 g/mol. The molecule has 0 aliphatic rings. The lowest BCUT2D eigenvalue weighted by molar-refractivity contribution is 0.101. The van der Waals surface area contributed by atoms with Gasteiger partial charge < -0.3 is 5.32 Å². The number of nitrogens with zero attached hydrogens (tertiary/aromatic N) is 1. The summed E-state index contributed by atoms with van der Waals surface area (Å²) in [7, 11) is 0. The van der Waals surface area contributed by atoms with Crippen molar-refractivity contribution < 1.29 is 4.79 Å². The van der Waals surface area contributed by atoms with Gasteiger partial charge in [0.15, 0.2) is 5.78 Å². The number of hydrogen-bond donors (Lipinski definition) is 1. The zero-order chi connectivity index (χ0) is 12.3. The lowest BCUT2D eigenvalue weighted by Crippen LogP contribution is -2.23. The highest BCUT2D eigenvalue weighted by Crippen LogP contribution is 2.27. The Labute approximate surface area is 101 Å². The van der Waals surface area contributed by atoms with Gasteiger partial charge in [0, 0.05) is 6.04 Å². The first-order valence-electron chi connectivity index (χ1n) is 5.71. The van der Waals surface area contributed by atoms with Gasteiger partial charge in [-0.05, 0) is 38.2 Å². The lowest BCUT2D eigenvalue weighted by Gasteiger charge is -2.20. The Morgan fingerprint density at radius 1 is 1.50 bits per heavy atom. The van der Waals surface area contributed by atoms with E-state index in [0.717, 1.165) is 22.7 Å². The van der Waals surface area contributed by atoms with Gasteiger partial charge in [-0.15, -0.1) is 0 Å². The van der Waals surface area contributed by atoms with Gasteiger partial charge in [-0.3, -0.25) is 4.79 Å². The third-order valence-electron chi connectivity index (χ3n) is 3.07. The maximum Gasteiger partial charge on any atom is 0.164 e. The van der Waals surface area contributed by atoms with E-state index in [9.17, 15) is 4.79 Å². The van der Waals surface area contributed by atoms with Gasteiger partial charge in [-0.25, -0.2) is 0 Å². The number of aryl methyl sites for hydroxylation is 1. The van der Waals surface area contributed by atoms with Crippen molar-refractivity contribution >= 4 is 22.3 Å². The maximum absolute atomic E-state index is 11.5. The SMILES string of the molecule is CCC(C)C(C)Nc1snc(C)c1C(C)=O. The summed E-state index contributed by atoms with van der Waals surface area (Å²) in [6, 6.07) is 0.364. The standard InChI is InChI=1S/C12H20N2OS/c1-6-7(2)8(3)13-12-11(10(5)15)9(4)14-16-12/h7-8,13H,6H2,1-5H3. The molecule has 1 rings (SSSR count). The Hall–Kier alpha value is -0.900. The Kier molecular flexibility index (Phi) is 4.47. The van der Waals surface area contributed by atoms with Crippen molar-refractivity contribution in [2.75, 3.05) is 5.32 Å². The normalized spacial score (nSPS) is 14.6. The van der Waals surface area contributed by atoms with Crippen molar-refractivity contribution in [3.8, 4) is 0 Å². The van der Waals surface area contributed by atoms with E-state index in [2.05, 4.69) is 30.5 Å². The van der Waals surface area contributed by atoms with E-state index in [0.29, 0.717) is 12.0 Å². The van der Waals surface area contributed by atoms with Crippen LogP contribution in [0.5, 0.6) is 0 Å². The van der Waals surface area contributed by atoms with Crippen molar-refractivity contribution in [1.29, 1.82) is 0 Å². The van der Waals surface area contributed by atoms with Gasteiger partial charge in [-0.2, -0.15) is 4.37 Å². The molecule has 0 radical (unpaired) electrons. The van der Waals surface area contributed by atoms with Gasteiger partial charge >= 0.3 is 0 Å². The van der Waals surface area contributed by atoms with E-state index in [1.165, 1.54) is 11.5 Å². The van der Waals surface area contributed by atoms with Crippen LogP contribution in [0.3, 0.4) is 0 Å². The smallest absolute Gasteiger partial charge is 0.164 e. The van der Waals surface area contributed by atoms with E-state index in [1.807, 2.05) is 6.92 Å². The number of nitrogens with one attached hydrogen (secondary N) is 1. The summed E-state index contributed by atoms with van der Waals surface area (Å²) in [6.45, 7) is 10.0. The molecule has 0 spiro atoms. The van der Waals surface area contributed by atoms with Crippen LogP contribution >= 0.6 is 11.5 Å². The molecular formula is C12H20N2OS. The molecule has 0 amide bonds. The van der Waals surface area contributed by atoms with E-state index >= 15 is 0 Å². The van der Waals surface area contributed by atoms with Crippen LogP contribution < -0.4 is 5.32 Å². The molecule has 0 aromatic carbocycles. The van der Waals surface area contributed by atoms with E-state index in [1.54, 1.807) is 6.92 Å². The van der Waals surface area contributed by atoms with Crippen LogP contribution in [0.4, 0.5) is 5.00 Å². The monoisotopic (exact) mass is 240 g/mol. The summed E-state index contributed by atoms with van der Waals surface area (Å²) in [5, 5.41) is 4.31. The summed E-state index contributed by atoms with van der Waals surface area (Å²) in [6.07, 6.45) is 1.13. The van der Waals surface area contributed by atoms with E-state index in [4.69, 9.17) is 0 Å². The van der Waals surface area contributed by atoms with Gasteiger partial charge in [0.1, 0.15) is 5.00 Å². The fraction of sp³-hybridized carbons (Fsp3) is 0.667. The third kappa shape index (κ3) is 2.82. The first-order chi connectivity index (χ1) is 7.47. The molecule has 0 bridgehead atoms. The van der Waals surface area contributed by atoms with Gasteiger partial charge in [0.25, 0.3) is 0 Å². The Bertz CT molecular complexity index is 373. The van der Waals surface area contributed by atoms with E-state index in [-0.39, 0.29) is 5.78 Å². The summed E-state index contributed by atoms with van der Waals surface area (Å²) >= 11 is 1.38. The lowest BCUT2D eigenvalue weighted by atomic mass is 10.0. The fourth-order valence-corrected chi connectivity index (χ4v) is 2.53. The predicted molar refractivity (Wildman–Crippen MR) is 69.4 cm³/mol. The minimum atomic E-state index is 0.0881. The number of hydrogen-bond acceptors (Lipinski definition) is 4. The van der Waals surface area contributed by atoms with Crippen LogP contribution in [-0.2, 0) is 0 Å². The molecule has 1 heterocycles. The maximum atomic E-state index is 11.5. The van der Waals surface area contributed by atoms with Gasteiger partial charge in [-0.1, -0.05) is 20.3 Å². The molecule has 90 valence electrons. The van der Waals surface area contributed by atoms with Crippen LogP contribution in [-0.4, -0.2) is 16.2 Å². The largest absolute Gasteiger partial charge is 0.372 e. The molecule has 0 saturated carbocycles. The molecule has 1 aromatic heterocycles. The van der Waals surface area contributed by atoms with Crippen molar-refractivity contribution in [3.63, 3.8) is 0 Å². The van der Waals surface area contributed by atoms with Crippen LogP contribution in [0, 0.1) is 12.8 Å². The minimum absolute atomic E-state index is 0.0881. The molecule has 0 aliphatic carbocycles. The third-order valence-corrected chi connectivity index (χ3v) is 3.94. The molecule has 4 heteroatoms. The highest BCUT2D eigenvalue weighted by molar-refractivity contribution is 7.10. The number of aromatic nitrogens is 1. The van der Waals surface area contributed by atoms with Crippen molar-refractivity contribution in [2.45, 2.75) is 47.1 Å². The molecule has 1 aromatic rings. The van der Waals surface area contributed by atoms with Gasteiger partial charge in [0.05, 0.1) is 11.3 Å². The Morgan fingerprint density at radius 2 is 2.12 bits per heavy atom. The van der Waals surface area contributed by atoms with Crippen molar-refractivity contribution in [1.82, 2.24) is 4.37 Å². The molecule has 0 aliphatic heterocycles. The quantitative estimate of drug-likeness (QED) is 0.801. The predicted octanol–water partition coefficient (Wildman–Crippen LogP) is 3.50. The zero-order valence-corrected chi connectivity index (χ0v) is 11.4. The Morgan fingerprint density at radius 3 is 2.62 bits per heavy atom. The molecular weight excluding hydrogens is 220 g/mol. The number of rotatable bonds is 5. The van der Waals surface area contributed by atoms with Crippen LogP contribution in [0.25, 0.3) is 0 Å². The molecule has 16 heavy (non-hydrogen) atoms. The zero-order valence-electron chi connectivity index (χ0n) is 10.6. The average Bonchev–Trinajstić information content (AvgIpc) is 2.58. The van der Waals surface area contributed by atoms with Crippen LogP contribution in [0.2, 0.25) is 0 Å². The molecule has 0 saturated heterocycles. The fourth-order valence-electron chi connectivity index (χ4n) is 1.59. The minimum Gasteiger partial charge on any atom is -0.372 e. The highest BCUT2D eigenvalue weighted by Gasteiger charge is 2.18. The topological polar surface area (TPSA) is 42.0 Å². The molecule has 1 N–H and O–H groups in total. The first-order valence-corrected chi connectivity index (χ1v) is 6.48. The van der Waals surface area contributed by atoms with Crippen molar-refractivity contribution in [3.05, 3.63) is 11.3 Å². The van der Waals surface area contributed by atoms with Crippen LogP contribution in [0.1, 0.15) is 50.2 Å². The summed E-state index contributed by atoms with van der Waals surface area (Å²) in [5.41, 5.74) is 1.58. The number of anilines is 1. The summed E-state index contributed by atoms with van der Waals surface area (Å²) < 4.78 is 4.23. The second kappa shape index (κ2) is 5.43. The summed E-state index contributed by atoms with van der Waals surface area (Å²) in [5.74, 6) is 0.673. The van der Waals surface area contributed by atoms with E-state index < -0.39 is 0 Å². The summed E-state index contributed by atoms with van der Waals surface area (Å²) in [4.78, 5) is 11.5. The second-order valence-corrected chi connectivity index (χ2v) is 5.12.